The Morgan fingerprint density at radius 2 is 2.00 bits per heavy atom. The van der Waals surface area contributed by atoms with Crippen LogP contribution in [0.5, 0.6) is 0 Å². The van der Waals surface area contributed by atoms with E-state index < -0.39 is 11.2 Å². The number of carbonyl (C=O) groups excluding carboxylic acids is 1. The summed E-state index contributed by atoms with van der Waals surface area (Å²) in [6.07, 6.45) is 1.56. The number of hydrogen-bond acceptors (Lipinski definition) is 10. The van der Waals surface area contributed by atoms with Gasteiger partial charge in [0.25, 0.3) is 5.56 Å². The molecule has 30 heavy (non-hydrogen) atoms. The van der Waals surface area contributed by atoms with Gasteiger partial charge in [0.15, 0.2) is 4.34 Å². The number of methoxy groups -OCH3 is 1. The quantitative estimate of drug-likeness (QED) is 0.387. The number of rotatable bonds is 8. The smallest absolute Gasteiger partial charge is 0.332 e. The van der Waals surface area contributed by atoms with Crippen molar-refractivity contribution in [3.8, 4) is 0 Å². The van der Waals surface area contributed by atoms with Crippen LogP contribution in [0.3, 0.4) is 0 Å². The van der Waals surface area contributed by atoms with Gasteiger partial charge in [0, 0.05) is 37.9 Å². The van der Waals surface area contributed by atoms with Crippen molar-refractivity contribution < 1.29 is 9.53 Å². The molecule has 0 aliphatic carbocycles. The lowest BCUT2D eigenvalue weighted by molar-refractivity contribution is -0.113. The molecule has 0 spiro atoms. The Kier molecular flexibility index (Phi) is 7.28. The highest BCUT2D eigenvalue weighted by atomic mass is 32.2. The highest BCUT2D eigenvalue weighted by Crippen LogP contribution is 2.29. The zero-order valence-electron chi connectivity index (χ0n) is 16.8. The molecule has 0 saturated heterocycles. The van der Waals surface area contributed by atoms with Crippen molar-refractivity contribution in [2.24, 2.45) is 14.1 Å². The molecule has 13 heteroatoms. The van der Waals surface area contributed by atoms with Gasteiger partial charge in [0.05, 0.1) is 17.7 Å². The van der Waals surface area contributed by atoms with Gasteiger partial charge in [0.1, 0.15) is 5.65 Å². The summed E-state index contributed by atoms with van der Waals surface area (Å²) in [7, 11) is 4.50. The summed E-state index contributed by atoms with van der Waals surface area (Å²) in [4.78, 5) is 42.3. The first kappa shape index (κ1) is 22.5. The highest BCUT2D eigenvalue weighted by molar-refractivity contribution is 8.01. The van der Waals surface area contributed by atoms with Gasteiger partial charge in [-0.3, -0.25) is 24.0 Å². The van der Waals surface area contributed by atoms with E-state index in [4.69, 9.17) is 4.74 Å². The van der Waals surface area contributed by atoms with Crippen LogP contribution in [-0.4, -0.2) is 48.8 Å². The van der Waals surface area contributed by atoms with E-state index >= 15 is 0 Å². The Balaban J connectivity index is 1.91. The largest absolute Gasteiger partial charge is 0.380 e. The van der Waals surface area contributed by atoms with Crippen LogP contribution < -0.4 is 16.6 Å². The monoisotopic (exact) mass is 468 g/mol. The number of carbonyl (C=O) groups is 1. The minimum Gasteiger partial charge on any atom is -0.380 e. The summed E-state index contributed by atoms with van der Waals surface area (Å²) in [5.74, 6) is 0.629. The Morgan fingerprint density at radius 1 is 1.23 bits per heavy atom. The first-order chi connectivity index (χ1) is 14.4. The zero-order valence-corrected chi connectivity index (χ0v) is 19.2. The zero-order chi connectivity index (χ0) is 21.8. The van der Waals surface area contributed by atoms with E-state index in [2.05, 4.69) is 20.5 Å². The van der Waals surface area contributed by atoms with Crippen molar-refractivity contribution in [1.82, 2.24) is 24.3 Å². The second-order valence-corrected chi connectivity index (χ2v) is 9.57. The summed E-state index contributed by atoms with van der Waals surface area (Å²) in [6.45, 7) is 2.23. The average Bonchev–Trinajstić information content (AvgIpc) is 3.16. The summed E-state index contributed by atoms with van der Waals surface area (Å²) >= 11 is 4.05. The molecule has 1 N–H and O–H groups in total. The second kappa shape index (κ2) is 9.73. The average molecular weight is 469 g/mol. The molecule has 3 rings (SSSR count). The highest BCUT2D eigenvalue weighted by Gasteiger charge is 2.19. The normalized spacial score (nSPS) is 11.2. The Morgan fingerprint density at radius 3 is 2.70 bits per heavy atom. The van der Waals surface area contributed by atoms with Crippen LogP contribution in [0, 0.1) is 0 Å². The molecule has 10 nitrogen and oxygen atoms in total. The van der Waals surface area contributed by atoms with Gasteiger partial charge < -0.3 is 4.74 Å². The number of thioether (sulfide) groups is 2. The van der Waals surface area contributed by atoms with Crippen LogP contribution in [-0.2, 0) is 30.2 Å². The van der Waals surface area contributed by atoms with Gasteiger partial charge in [-0.05, 0) is 5.75 Å². The fraction of sp³-hybridized carbons (Fsp3) is 0.412. The molecule has 0 saturated carbocycles. The molecule has 1 amide bonds. The number of nitrogens with zero attached hydrogens (tertiary/aromatic N) is 5. The third kappa shape index (κ3) is 4.58. The maximum Gasteiger partial charge on any atom is 0.332 e. The van der Waals surface area contributed by atoms with E-state index in [9.17, 15) is 14.4 Å². The lowest BCUT2D eigenvalue weighted by atomic mass is 10.2. The number of amides is 1. The van der Waals surface area contributed by atoms with Crippen LogP contribution in [0.4, 0.5) is 5.13 Å². The molecule has 3 heterocycles. The minimum atomic E-state index is -0.467. The number of fused-ring (bicyclic) bond motifs is 1. The minimum absolute atomic E-state index is 0.0393. The molecule has 0 aliphatic rings. The summed E-state index contributed by atoms with van der Waals surface area (Å²) in [5.41, 5.74) is -0.00987. The Bertz CT molecular complexity index is 1200. The topological polar surface area (TPSA) is 121 Å². The van der Waals surface area contributed by atoms with Gasteiger partial charge in [-0.2, -0.15) is 0 Å². The first-order valence-corrected chi connectivity index (χ1v) is 11.6. The molecule has 0 fully saturated rings. The maximum absolute atomic E-state index is 12.8. The van der Waals surface area contributed by atoms with E-state index in [1.807, 2.05) is 6.92 Å². The maximum atomic E-state index is 12.8. The van der Waals surface area contributed by atoms with Gasteiger partial charge in [-0.25, -0.2) is 9.78 Å². The summed E-state index contributed by atoms with van der Waals surface area (Å²) in [6, 6.07) is 0. The van der Waals surface area contributed by atoms with Crippen LogP contribution in [0.25, 0.3) is 11.0 Å². The van der Waals surface area contributed by atoms with E-state index in [0.717, 1.165) is 14.7 Å². The lowest BCUT2D eigenvalue weighted by Gasteiger charge is -2.13. The van der Waals surface area contributed by atoms with Crippen molar-refractivity contribution in [3.63, 3.8) is 0 Å². The number of pyridine rings is 1. The fourth-order valence-corrected chi connectivity index (χ4v) is 5.33. The number of ether oxygens (including phenoxy) is 1. The first-order valence-electron chi connectivity index (χ1n) is 8.82. The van der Waals surface area contributed by atoms with Crippen molar-refractivity contribution in [2.75, 3.05) is 23.9 Å². The SMILES string of the molecule is CCSc1nnc(NC(=O)CSc2c(COC)cnc3c2c(=O)n(C)c(=O)n3C)s1. The molecule has 0 unspecified atom stereocenters. The fourth-order valence-electron chi connectivity index (χ4n) is 2.70. The van der Waals surface area contributed by atoms with Crippen LogP contribution in [0.1, 0.15) is 12.5 Å². The predicted molar refractivity (Wildman–Crippen MR) is 119 cm³/mol. The summed E-state index contributed by atoms with van der Waals surface area (Å²) < 4.78 is 8.34. The third-order valence-electron chi connectivity index (χ3n) is 4.06. The van der Waals surface area contributed by atoms with Crippen LogP contribution in [0.2, 0.25) is 0 Å². The molecule has 160 valence electrons. The second-order valence-electron chi connectivity index (χ2n) is 6.09. The van der Waals surface area contributed by atoms with Crippen molar-refractivity contribution in [1.29, 1.82) is 0 Å². The standard InChI is InChI=1S/C17H20N6O4S3/c1-5-28-16-21-20-15(30-16)19-10(24)8-29-12-9(7-27-4)6-18-13-11(12)14(25)23(3)17(26)22(13)2/h6H,5,7-8H2,1-4H3,(H,19,20,24). The number of aryl methyl sites for hydroxylation is 1. The van der Waals surface area contributed by atoms with Crippen LogP contribution >= 0.6 is 34.9 Å². The molecular formula is C17H20N6O4S3. The molecule has 0 bridgehead atoms. The number of aromatic nitrogens is 5. The number of nitrogens with one attached hydrogen (secondary N) is 1. The molecular weight excluding hydrogens is 448 g/mol. The van der Waals surface area contributed by atoms with Gasteiger partial charge in [-0.1, -0.05) is 30.0 Å². The Labute approximate surface area is 184 Å². The van der Waals surface area contributed by atoms with E-state index in [1.165, 1.54) is 41.8 Å². The molecule has 0 radical (unpaired) electrons. The third-order valence-corrected chi connectivity index (χ3v) is 7.08. The summed E-state index contributed by atoms with van der Waals surface area (Å²) in [5, 5.41) is 11.4. The lowest BCUT2D eigenvalue weighted by Crippen LogP contribution is -2.37. The van der Waals surface area contributed by atoms with Gasteiger partial charge >= 0.3 is 5.69 Å². The molecule has 0 aliphatic heterocycles. The van der Waals surface area contributed by atoms with E-state index in [1.54, 1.807) is 25.0 Å². The Hall–Kier alpha value is -2.22. The predicted octanol–water partition coefficient (Wildman–Crippen LogP) is 1.47. The van der Waals surface area contributed by atoms with E-state index in [-0.39, 0.29) is 29.3 Å². The molecule has 3 aromatic rings. The van der Waals surface area contributed by atoms with Crippen molar-refractivity contribution in [2.45, 2.75) is 22.8 Å². The van der Waals surface area contributed by atoms with E-state index in [0.29, 0.717) is 15.6 Å². The van der Waals surface area contributed by atoms with Gasteiger partial charge in [-0.15, -0.1) is 22.0 Å². The molecule has 0 atom stereocenters. The van der Waals surface area contributed by atoms with Crippen molar-refractivity contribution >= 4 is 56.9 Å². The van der Waals surface area contributed by atoms with Crippen molar-refractivity contribution in [3.05, 3.63) is 32.6 Å². The molecule has 0 aromatic carbocycles. The molecule has 3 aromatic heterocycles. The van der Waals surface area contributed by atoms with Gasteiger partial charge in [0.2, 0.25) is 11.0 Å². The number of hydrogen-bond donors (Lipinski definition) is 1. The van der Waals surface area contributed by atoms with Crippen LogP contribution in [0.15, 0.2) is 25.0 Å². The number of anilines is 1.